The molecule has 0 spiro atoms. The number of hydrogen-bond donors (Lipinski definition) is 1. The van der Waals surface area contributed by atoms with Crippen LogP contribution in [0.25, 0.3) is 0 Å². The van der Waals surface area contributed by atoms with Crippen LogP contribution >= 0.6 is 0 Å². The van der Waals surface area contributed by atoms with E-state index in [4.69, 9.17) is 0 Å². The monoisotopic (exact) mass is 322 g/mol. The Morgan fingerprint density at radius 2 is 1.75 bits per heavy atom. The number of nitrogens with one attached hydrogen (secondary N) is 1. The van der Waals surface area contributed by atoms with Crippen molar-refractivity contribution >= 4 is 5.91 Å². The molecular formula is C20H19FN2O. The number of rotatable bonds is 6. The zero-order valence-corrected chi connectivity index (χ0v) is 13.2. The van der Waals surface area contributed by atoms with Crippen LogP contribution in [0, 0.1) is 5.82 Å². The first-order valence-corrected chi connectivity index (χ1v) is 7.91. The Hall–Kier alpha value is -2.88. The van der Waals surface area contributed by atoms with Crippen molar-refractivity contribution in [3.05, 3.63) is 96.1 Å². The van der Waals surface area contributed by atoms with Gasteiger partial charge in [-0.1, -0.05) is 42.5 Å². The van der Waals surface area contributed by atoms with E-state index in [1.807, 2.05) is 65.5 Å². The Balaban J connectivity index is 1.71. The second-order valence-electron chi connectivity index (χ2n) is 5.67. The van der Waals surface area contributed by atoms with Gasteiger partial charge in [0.15, 0.2) is 0 Å². The van der Waals surface area contributed by atoms with Gasteiger partial charge in [-0.15, -0.1) is 0 Å². The second kappa shape index (κ2) is 7.59. The molecule has 3 nitrogen and oxygen atoms in total. The maximum atomic E-state index is 13.6. The summed E-state index contributed by atoms with van der Waals surface area (Å²) in [7, 11) is 0. The largest absolute Gasteiger partial charge is 0.352 e. The van der Waals surface area contributed by atoms with Crippen molar-refractivity contribution in [1.82, 2.24) is 9.88 Å². The predicted octanol–water partition coefficient (Wildman–Crippen LogP) is 3.92. The van der Waals surface area contributed by atoms with E-state index in [1.54, 1.807) is 6.07 Å². The van der Waals surface area contributed by atoms with Gasteiger partial charge in [0.25, 0.3) is 0 Å². The van der Waals surface area contributed by atoms with E-state index in [2.05, 4.69) is 5.32 Å². The second-order valence-corrected chi connectivity index (χ2v) is 5.67. The number of halogens is 1. The van der Waals surface area contributed by atoms with Gasteiger partial charge in [-0.25, -0.2) is 4.39 Å². The van der Waals surface area contributed by atoms with Gasteiger partial charge in [0.1, 0.15) is 5.82 Å². The molecule has 0 saturated heterocycles. The van der Waals surface area contributed by atoms with Crippen LogP contribution < -0.4 is 5.32 Å². The van der Waals surface area contributed by atoms with Gasteiger partial charge < -0.3 is 9.88 Å². The zero-order valence-electron chi connectivity index (χ0n) is 13.2. The van der Waals surface area contributed by atoms with Crippen molar-refractivity contribution in [3.8, 4) is 0 Å². The number of nitrogens with zero attached hydrogens (tertiary/aromatic N) is 1. The summed E-state index contributed by atoms with van der Waals surface area (Å²) >= 11 is 0. The third-order valence-electron chi connectivity index (χ3n) is 3.93. The van der Waals surface area contributed by atoms with E-state index in [0.29, 0.717) is 6.54 Å². The van der Waals surface area contributed by atoms with Crippen LogP contribution in [-0.2, 0) is 11.3 Å². The fourth-order valence-corrected chi connectivity index (χ4v) is 2.71. The first-order valence-electron chi connectivity index (χ1n) is 7.91. The summed E-state index contributed by atoms with van der Waals surface area (Å²) in [5, 5.41) is 2.93. The SMILES string of the molecule is O=C(CC(c1cccc(F)c1)n1cccc1)NCc1ccccc1. The van der Waals surface area contributed by atoms with E-state index in [9.17, 15) is 9.18 Å². The third kappa shape index (κ3) is 4.10. The standard InChI is InChI=1S/C20H19FN2O/c21-18-10-6-9-17(13-18)19(23-11-4-5-12-23)14-20(24)22-15-16-7-2-1-3-8-16/h1-13,19H,14-15H2,(H,22,24). The van der Waals surface area contributed by atoms with E-state index >= 15 is 0 Å². The van der Waals surface area contributed by atoms with E-state index in [0.717, 1.165) is 11.1 Å². The molecule has 3 rings (SSSR count). The van der Waals surface area contributed by atoms with Gasteiger partial charge >= 0.3 is 0 Å². The van der Waals surface area contributed by atoms with Crippen LogP contribution in [-0.4, -0.2) is 10.5 Å². The molecule has 1 aromatic heterocycles. The summed E-state index contributed by atoms with van der Waals surface area (Å²) in [6, 6.07) is 19.7. The molecule has 0 fully saturated rings. The highest BCUT2D eigenvalue weighted by Crippen LogP contribution is 2.23. The molecule has 0 saturated carbocycles. The number of amides is 1. The average molecular weight is 322 g/mol. The lowest BCUT2D eigenvalue weighted by Crippen LogP contribution is -2.26. The molecule has 24 heavy (non-hydrogen) atoms. The van der Waals surface area contributed by atoms with Crippen LogP contribution in [0.15, 0.2) is 79.1 Å². The lowest BCUT2D eigenvalue weighted by molar-refractivity contribution is -0.121. The van der Waals surface area contributed by atoms with E-state index in [-0.39, 0.29) is 24.2 Å². The molecule has 0 aliphatic heterocycles. The van der Waals surface area contributed by atoms with E-state index < -0.39 is 0 Å². The summed E-state index contributed by atoms with van der Waals surface area (Å²) in [6.45, 7) is 0.487. The normalized spacial score (nSPS) is 11.9. The molecule has 0 radical (unpaired) electrons. The van der Waals surface area contributed by atoms with Crippen molar-refractivity contribution in [3.63, 3.8) is 0 Å². The lowest BCUT2D eigenvalue weighted by Gasteiger charge is -2.19. The van der Waals surface area contributed by atoms with E-state index in [1.165, 1.54) is 12.1 Å². The molecular weight excluding hydrogens is 303 g/mol. The molecule has 1 N–H and O–H groups in total. The van der Waals surface area contributed by atoms with Crippen LogP contribution in [0.5, 0.6) is 0 Å². The summed E-state index contributed by atoms with van der Waals surface area (Å²) in [5.41, 5.74) is 1.83. The van der Waals surface area contributed by atoms with Crippen molar-refractivity contribution < 1.29 is 9.18 Å². The number of benzene rings is 2. The molecule has 1 atom stereocenters. The Morgan fingerprint density at radius 3 is 2.46 bits per heavy atom. The smallest absolute Gasteiger partial charge is 0.222 e. The van der Waals surface area contributed by atoms with Crippen LogP contribution in [0.1, 0.15) is 23.6 Å². The highest BCUT2D eigenvalue weighted by Gasteiger charge is 2.17. The average Bonchev–Trinajstić information content (AvgIpc) is 3.13. The van der Waals surface area contributed by atoms with Gasteiger partial charge in [-0.3, -0.25) is 4.79 Å². The maximum Gasteiger partial charge on any atom is 0.222 e. The summed E-state index contributed by atoms with van der Waals surface area (Å²) in [6.07, 6.45) is 4.03. The Labute approximate surface area is 140 Å². The van der Waals surface area contributed by atoms with Crippen molar-refractivity contribution in [1.29, 1.82) is 0 Å². The number of carbonyl (C=O) groups is 1. The minimum absolute atomic E-state index is 0.0678. The Kier molecular flexibility index (Phi) is 5.06. The number of hydrogen-bond acceptors (Lipinski definition) is 1. The summed E-state index contributed by atoms with van der Waals surface area (Å²) in [5.74, 6) is -0.365. The van der Waals surface area contributed by atoms with Crippen molar-refractivity contribution in [2.45, 2.75) is 19.0 Å². The van der Waals surface area contributed by atoms with Gasteiger partial charge in [0.2, 0.25) is 5.91 Å². The predicted molar refractivity (Wildman–Crippen MR) is 91.9 cm³/mol. The molecule has 0 aliphatic carbocycles. The van der Waals surface area contributed by atoms with Crippen molar-refractivity contribution in [2.24, 2.45) is 0 Å². The van der Waals surface area contributed by atoms with Gasteiger partial charge in [0, 0.05) is 18.9 Å². The highest BCUT2D eigenvalue weighted by atomic mass is 19.1. The number of aromatic nitrogens is 1. The summed E-state index contributed by atoms with van der Waals surface area (Å²) in [4.78, 5) is 12.4. The van der Waals surface area contributed by atoms with Crippen LogP contribution in [0.2, 0.25) is 0 Å². The van der Waals surface area contributed by atoms with Crippen LogP contribution in [0.3, 0.4) is 0 Å². The fourth-order valence-electron chi connectivity index (χ4n) is 2.71. The maximum absolute atomic E-state index is 13.6. The highest BCUT2D eigenvalue weighted by molar-refractivity contribution is 5.76. The molecule has 0 bridgehead atoms. The van der Waals surface area contributed by atoms with Gasteiger partial charge in [-0.2, -0.15) is 0 Å². The molecule has 2 aromatic carbocycles. The Bertz CT molecular complexity index is 784. The van der Waals surface area contributed by atoms with Gasteiger partial charge in [0.05, 0.1) is 12.5 Å². The molecule has 1 unspecified atom stereocenters. The minimum Gasteiger partial charge on any atom is -0.352 e. The first-order chi connectivity index (χ1) is 11.7. The molecule has 1 amide bonds. The fraction of sp³-hybridized carbons (Fsp3) is 0.150. The summed E-state index contributed by atoms with van der Waals surface area (Å²) < 4.78 is 15.5. The first kappa shape index (κ1) is 16.0. The van der Waals surface area contributed by atoms with Gasteiger partial charge in [-0.05, 0) is 35.4 Å². The third-order valence-corrected chi connectivity index (χ3v) is 3.93. The molecule has 4 heteroatoms. The topological polar surface area (TPSA) is 34.0 Å². The van der Waals surface area contributed by atoms with Crippen molar-refractivity contribution in [2.75, 3.05) is 0 Å². The zero-order chi connectivity index (χ0) is 16.8. The molecule has 0 aliphatic rings. The number of carbonyl (C=O) groups excluding carboxylic acids is 1. The quantitative estimate of drug-likeness (QED) is 0.733. The minimum atomic E-state index is -0.297. The Morgan fingerprint density at radius 1 is 1.00 bits per heavy atom. The molecule has 3 aromatic rings. The molecule has 1 heterocycles. The molecule has 122 valence electrons. The lowest BCUT2D eigenvalue weighted by atomic mass is 10.0. The van der Waals surface area contributed by atoms with Crippen LogP contribution in [0.4, 0.5) is 4.39 Å².